The molecule has 0 atom stereocenters. The van der Waals surface area contributed by atoms with Crippen molar-refractivity contribution >= 4 is 32.8 Å². The van der Waals surface area contributed by atoms with Crippen LogP contribution in [0.5, 0.6) is 0 Å². The van der Waals surface area contributed by atoms with E-state index in [9.17, 15) is 8.42 Å². The van der Waals surface area contributed by atoms with Crippen molar-refractivity contribution in [1.82, 2.24) is 0 Å². The van der Waals surface area contributed by atoms with E-state index in [1.807, 2.05) is 0 Å². The predicted octanol–water partition coefficient (Wildman–Crippen LogP) is 1.40. The number of halogens is 1. The number of benzene rings is 1. The van der Waals surface area contributed by atoms with Crippen LogP contribution in [0.4, 0.5) is 11.4 Å². The lowest BCUT2D eigenvalue weighted by Crippen LogP contribution is -2.25. The molecule has 2 N–H and O–H groups in total. The molecule has 0 saturated heterocycles. The molecule has 0 spiro atoms. The van der Waals surface area contributed by atoms with Gasteiger partial charge in [-0.1, -0.05) is 17.7 Å². The SMILES string of the molecule is CN(CCS(C)(=O)=O)c1c(N)cccc1Cl. The van der Waals surface area contributed by atoms with Crippen LogP contribution in [0.3, 0.4) is 0 Å². The lowest BCUT2D eigenvalue weighted by molar-refractivity contribution is 0.601. The average molecular weight is 263 g/mol. The summed E-state index contributed by atoms with van der Waals surface area (Å²) < 4.78 is 22.1. The van der Waals surface area contributed by atoms with Gasteiger partial charge in [0.25, 0.3) is 0 Å². The molecule has 0 radical (unpaired) electrons. The van der Waals surface area contributed by atoms with Crippen molar-refractivity contribution in [3.8, 4) is 0 Å². The molecule has 16 heavy (non-hydrogen) atoms. The third-order valence-corrected chi connectivity index (χ3v) is 3.43. The van der Waals surface area contributed by atoms with E-state index in [0.717, 1.165) is 0 Å². The second-order valence-electron chi connectivity index (χ2n) is 3.73. The Balaban J connectivity index is 2.85. The molecule has 1 aromatic carbocycles. The van der Waals surface area contributed by atoms with Crippen LogP contribution >= 0.6 is 11.6 Å². The highest BCUT2D eigenvalue weighted by molar-refractivity contribution is 7.90. The molecule has 4 nitrogen and oxygen atoms in total. The number of nitrogen functional groups attached to an aromatic ring is 1. The Morgan fingerprint density at radius 3 is 2.56 bits per heavy atom. The normalized spacial score (nSPS) is 11.4. The topological polar surface area (TPSA) is 63.4 Å². The first kappa shape index (κ1) is 13.1. The molecular weight excluding hydrogens is 248 g/mol. The van der Waals surface area contributed by atoms with E-state index in [2.05, 4.69) is 0 Å². The van der Waals surface area contributed by atoms with Crippen LogP contribution in [0.2, 0.25) is 5.02 Å². The highest BCUT2D eigenvalue weighted by atomic mass is 35.5. The van der Waals surface area contributed by atoms with Gasteiger partial charge in [0, 0.05) is 19.8 Å². The van der Waals surface area contributed by atoms with E-state index in [1.54, 1.807) is 30.1 Å². The maximum Gasteiger partial charge on any atom is 0.149 e. The fourth-order valence-electron chi connectivity index (χ4n) is 1.35. The minimum atomic E-state index is -2.98. The summed E-state index contributed by atoms with van der Waals surface area (Å²) in [7, 11) is -1.21. The zero-order valence-corrected chi connectivity index (χ0v) is 10.8. The Bertz CT molecular complexity index is 453. The largest absolute Gasteiger partial charge is 0.397 e. The highest BCUT2D eigenvalue weighted by Crippen LogP contribution is 2.30. The average Bonchev–Trinajstić information content (AvgIpc) is 2.13. The minimum Gasteiger partial charge on any atom is -0.397 e. The number of nitrogens with zero attached hydrogens (tertiary/aromatic N) is 1. The van der Waals surface area contributed by atoms with Gasteiger partial charge in [-0.05, 0) is 12.1 Å². The van der Waals surface area contributed by atoms with Gasteiger partial charge in [0.05, 0.1) is 22.2 Å². The maximum atomic E-state index is 11.0. The molecular formula is C10H15ClN2O2S. The lowest BCUT2D eigenvalue weighted by Gasteiger charge is -2.21. The highest BCUT2D eigenvalue weighted by Gasteiger charge is 2.11. The molecule has 0 fully saturated rings. The van der Waals surface area contributed by atoms with Gasteiger partial charge in [-0.2, -0.15) is 0 Å². The quantitative estimate of drug-likeness (QED) is 0.834. The van der Waals surface area contributed by atoms with E-state index in [1.165, 1.54) is 6.26 Å². The summed E-state index contributed by atoms with van der Waals surface area (Å²) in [6.45, 7) is 0.368. The maximum absolute atomic E-state index is 11.0. The summed E-state index contributed by atoms with van der Waals surface area (Å²) in [4.78, 5) is 1.75. The summed E-state index contributed by atoms with van der Waals surface area (Å²) >= 11 is 6.00. The van der Waals surface area contributed by atoms with Gasteiger partial charge in [0.1, 0.15) is 9.84 Å². The fraction of sp³-hybridized carbons (Fsp3) is 0.400. The Morgan fingerprint density at radius 2 is 2.06 bits per heavy atom. The summed E-state index contributed by atoms with van der Waals surface area (Å²) in [6, 6.07) is 5.22. The zero-order chi connectivity index (χ0) is 12.3. The van der Waals surface area contributed by atoms with E-state index in [4.69, 9.17) is 17.3 Å². The van der Waals surface area contributed by atoms with E-state index in [-0.39, 0.29) is 5.75 Å². The number of para-hydroxylation sites is 1. The molecule has 0 heterocycles. The first-order valence-corrected chi connectivity index (χ1v) is 7.18. The van der Waals surface area contributed by atoms with Crippen molar-refractivity contribution in [3.05, 3.63) is 23.2 Å². The third kappa shape index (κ3) is 3.57. The molecule has 0 amide bonds. The van der Waals surface area contributed by atoms with Gasteiger partial charge in [-0.3, -0.25) is 0 Å². The van der Waals surface area contributed by atoms with Gasteiger partial charge < -0.3 is 10.6 Å². The number of hydrogen-bond acceptors (Lipinski definition) is 4. The summed E-state index contributed by atoms with van der Waals surface area (Å²) in [5.74, 6) is 0.0775. The lowest BCUT2D eigenvalue weighted by atomic mass is 10.2. The van der Waals surface area contributed by atoms with Crippen molar-refractivity contribution in [2.45, 2.75) is 0 Å². The van der Waals surface area contributed by atoms with Crippen LogP contribution in [-0.4, -0.2) is 34.0 Å². The molecule has 1 rings (SSSR count). The second-order valence-corrected chi connectivity index (χ2v) is 6.40. The van der Waals surface area contributed by atoms with Crippen molar-refractivity contribution < 1.29 is 8.42 Å². The first-order valence-electron chi connectivity index (χ1n) is 4.74. The molecule has 0 bridgehead atoms. The molecule has 0 saturated carbocycles. The molecule has 0 unspecified atom stereocenters. The number of rotatable bonds is 4. The van der Waals surface area contributed by atoms with Crippen molar-refractivity contribution in [2.24, 2.45) is 0 Å². The Kier molecular flexibility index (Phi) is 4.04. The monoisotopic (exact) mass is 262 g/mol. The number of sulfone groups is 1. The predicted molar refractivity (Wildman–Crippen MR) is 68.8 cm³/mol. The van der Waals surface area contributed by atoms with Crippen molar-refractivity contribution in [1.29, 1.82) is 0 Å². The van der Waals surface area contributed by atoms with Gasteiger partial charge in [0.15, 0.2) is 0 Å². The molecule has 0 aliphatic heterocycles. The van der Waals surface area contributed by atoms with Gasteiger partial charge >= 0.3 is 0 Å². The van der Waals surface area contributed by atoms with E-state index >= 15 is 0 Å². The van der Waals surface area contributed by atoms with Crippen molar-refractivity contribution in [3.63, 3.8) is 0 Å². The van der Waals surface area contributed by atoms with Crippen LogP contribution in [0.15, 0.2) is 18.2 Å². The fourth-order valence-corrected chi connectivity index (χ4v) is 2.28. The molecule has 6 heteroatoms. The minimum absolute atomic E-state index is 0.0775. The molecule has 0 aliphatic carbocycles. The number of anilines is 2. The van der Waals surface area contributed by atoms with Gasteiger partial charge in [0.2, 0.25) is 0 Å². The Morgan fingerprint density at radius 1 is 1.44 bits per heavy atom. The standard InChI is InChI=1S/C10H15ClN2O2S/c1-13(6-7-16(2,14)15)10-8(11)4-3-5-9(10)12/h3-5H,6-7,12H2,1-2H3. The van der Waals surface area contributed by atoms with E-state index < -0.39 is 9.84 Å². The molecule has 0 aromatic heterocycles. The van der Waals surface area contributed by atoms with Crippen LogP contribution in [-0.2, 0) is 9.84 Å². The number of nitrogens with two attached hydrogens (primary N) is 1. The smallest absolute Gasteiger partial charge is 0.149 e. The summed E-state index contributed by atoms with van der Waals surface area (Å²) in [5.41, 5.74) is 7.00. The van der Waals surface area contributed by atoms with E-state index in [0.29, 0.717) is 22.9 Å². The molecule has 1 aromatic rings. The Labute approximate surface area is 101 Å². The van der Waals surface area contributed by atoms with Crippen LogP contribution in [0, 0.1) is 0 Å². The van der Waals surface area contributed by atoms with Gasteiger partial charge in [-0.15, -0.1) is 0 Å². The summed E-state index contributed by atoms with van der Waals surface area (Å²) in [5, 5.41) is 0.524. The van der Waals surface area contributed by atoms with Crippen molar-refractivity contribution in [2.75, 3.05) is 36.2 Å². The number of hydrogen-bond donors (Lipinski definition) is 1. The third-order valence-electron chi connectivity index (χ3n) is 2.20. The second kappa shape index (κ2) is 4.93. The molecule has 0 aliphatic rings. The zero-order valence-electron chi connectivity index (χ0n) is 9.27. The summed E-state index contributed by atoms with van der Waals surface area (Å²) in [6.07, 6.45) is 1.21. The van der Waals surface area contributed by atoms with Crippen LogP contribution in [0.25, 0.3) is 0 Å². The van der Waals surface area contributed by atoms with Crippen LogP contribution < -0.4 is 10.6 Å². The van der Waals surface area contributed by atoms with Gasteiger partial charge in [-0.25, -0.2) is 8.42 Å². The molecule has 90 valence electrons. The Hall–Kier alpha value is -0.940. The first-order chi connectivity index (χ1) is 7.31. The van der Waals surface area contributed by atoms with Crippen LogP contribution in [0.1, 0.15) is 0 Å².